The van der Waals surface area contributed by atoms with Crippen LogP contribution in [0, 0.1) is 0 Å². The van der Waals surface area contributed by atoms with Gasteiger partial charge in [0.1, 0.15) is 5.78 Å². The number of benzene rings is 1. The Hall–Kier alpha value is -0.550. The molecule has 0 spiro atoms. The molecule has 1 atom stereocenters. The average Bonchev–Trinajstić information content (AvgIpc) is 2.29. The van der Waals surface area contributed by atoms with Crippen LogP contribution in [0.25, 0.3) is 0 Å². The van der Waals surface area contributed by atoms with Gasteiger partial charge >= 0.3 is 6.18 Å². The molecule has 1 rings (SSSR count). The zero-order valence-electron chi connectivity index (χ0n) is 9.52. The third-order valence-electron chi connectivity index (χ3n) is 2.47. The van der Waals surface area contributed by atoms with Gasteiger partial charge in [-0.15, -0.1) is 0 Å². The molecule has 1 nitrogen and oxygen atoms in total. The molecule has 0 heterocycles. The molecule has 0 radical (unpaired) electrons. The topological polar surface area (TPSA) is 17.1 Å². The summed E-state index contributed by atoms with van der Waals surface area (Å²) in [6.07, 6.45) is -3.93. The summed E-state index contributed by atoms with van der Waals surface area (Å²) in [5, 5.41) is 0.233. The molecular formula is C12H11BrClF3O. The zero-order valence-corrected chi connectivity index (χ0v) is 11.9. The van der Waals surface area contributed by atoms with Crippen LogP contribution in [0.1, 0.15) is 24.5 Å². The van der Waals surface area contributed by atoms with Crippen molar-refractivity contribution >= 4 is 33.3 Å². The van der Waals surface area contributed by atoms with Gasteiger partial charge in [-0.25, -0.2) is 0 Å². The lowest BCUT2D eigenvalue weighted by Crippen LogP contribution is -2.16. The van der Waals surface area contributed by atoms with Gasteiger partial charge in [-0.3, -0.25) is 4.79 Å². The van der Waals surface area contributed by atoms with Crippen molar-refractivity contribution in [3.05, 3.63) is 34.3 Å². The van der Waals surface area contributed by atoms with E-state index in [2.05, 4.69) is 15.9 Å². The smallest absolute Gasteiger partial charge is 0.298 e. The second kappa shape index (κ2) is 6.06. The fourth-order valence-corrected chi connectivity index (χ4v) is 2.30. The van der Waals surface area contributed by atoms with E-state index in [0.717, 1.165) is 12.1 Å². The Morgan fingerprint density at radius 1 is 1.44 bits per heavy atom. The van der Waals surface area contributed by atoms with Crippen LogP contribution < -0.4 is 0 Å². The Labute approximate surface area is 116 Å². The van der Waals surface area contributed by atoms with Crippen molar-refractivity contribution < 1.29 is 18.0 Å². The molecule has 0 aromatic heterocycles. The highest BCUT2D eigenvalue weighted by atomic mass is 79.9. The van der Waals surface area contributed by atoms with E-state index < -0.39 is 16.6 Å². The molecule has 0 fully saturated rings. The minimum atomic E-state index is -4.41. The van der Waals surface area contributed by atoms with Crippen LogP contribution in [-0.2, 0) is 17.4 Å². The summed E-state index contributed by atoms with van der Waals surface area (Å²) >= 11 is 9.00. The Balaban J connectivity index is 2.98. The van der Waals surface area contributed by atoms with E-state index in [9.17, 15) is 18.0 Å². The molecule has 0 N–H and O–H groups in total. The quantitative estimate of drug-likeness (QED) is 0.728. The second-order valence-electron chi connectivity index (χ2n) is 3.80. The van der Waals surface area contributed by atoms with Crippen LogP contribution in [-0.4, -0.2) is 10.6 Å². The van der Waals surface area contributed by atoms with Gasteiger partial charge in [-0.05, 0) is 30.2 Å². The summed E-state index contributed by atoms with van der Waals surface area (Å²) < 4.78 is 37.6. The Bertz CT molecular complexity index is 445. The minimum absolute atomic E-state index is 0.0662. The van der Waals surface area contributed by atoms with Crippen molar-refractivity contribution in [1.82, 2.24) is 0 Å². The summed E-state index contributed by atoms with van der Waals surface area (Å²) in [7, 11) is 0. The van der Waals surface area contributed by atoms with E-state index in [0.29, 0.717) is 12.0 Å². The van der Waals surface area contributed by atoms with Crippen molar-refractivity contribution in [3.63, 3.8) is 0 Å². The first-order chi connectivity index (χ1) is 8.25. The van der Waals surface area contributed by atoms with Crippen LogP contribution >= 0.6 is 27.5 Å². The summed E-state index contributed by atoms with van der Waals surface area (Å²) in [5.41, 5.74) is -0.444. The Kier molecular flexibility index (Phi) is 5.22. The number of hydrogen-bond donors (Lipinski definition) is 0. The Morgan fingerprint density at radius 3 is 2.56 bits per heavy atom. The maximum absolute atomic E-state index is 12.5. The van der Waals surface area contributed by atoms with Crippen molar-refractivity contribution in [3.8, 4) is 0 Å². The minimum Gasteiger partial charge on any atom is -0.298 e. The number of hydrogen-bond acceptors (Lipinski definition) is 1. The fourth-order valence-electron chi connectivity index (χ4n) is 1.44. The van der Waals surface area contributed by atoms with Crippen LogP contribution in [0.5, 0.6) is 0 Å². The predicted octanol–water partition coefficient (Wildman–Crippen LogP) is 4.64. The lowest BCUT2D eigenvalue weighted by Gasteiger charge is -2.12. The molecule has 0 aliphatic rings. The molecule has 1 aromatic rings. The molecule has 0 saturated carbocycles. The van der Waals surface area contributed by atoms with E-state index in [1.165, 1.54) is 6.07 Å². The fraction of sp³-hybridized carbons (Fsp3) is 0.417. The number of carbonyl (C=O) groups is 1. The summed E-state index contributed by atoms with van der Waals surface area (Å²) in [6, 6.07) is 3.12. The molecule has 0 bridgehead atoms. The van der Waals surface area contributed by atoms with Crippen LogP contribution in [0.3, 0.4) is 0 Å². The highest BCUT2D eigenvalue weighted by molar-refractivity contribution is 9.10. The van der Waals surface area contributed by atoms with E-state index in [1.807, 2.05) is 0 Å². The van der Waals surface area contributed by atoms with Crippen LogP contribution in [0.4, 0.5) is 13.2 Å². The van der Waals surface area contributed by atoms with Crippen LogP contribution in [0.2, 0.25) is 5.02 Å². The number of carbonyl (C=O) groups excluding carboxylic acids is 1. The van der Waals surface area contributed by atoms with Crippen molar-refractivity contribution in [2.24, 2.45) is 0 Å². The number of alkyl halides is 4. The number of Topliss-reactive ketones (excluding diaryl/α,β-unsaturated/α-hetero) is 1. The first kappa shape index (κ1) is 15.5. The molecule has 1 aromatic carbocycles. The van der Waals surface area contributed by atoms with E-state index in [1.54, 1.807) is 6.92 Å². The molecule has 100 valence electrons. The molecule has 6 heteroatoms. The molecular weight excluding hydrogens is 332 g/mol. The van der Waals surface area contributed by atoms with Crippen molar-refractivity contribution in [2.45, 2.75) is 30.8 Å². The first-order valence-corrected chi connectivity index (χ1v) is 6.57. The molecule has 0 saturated heterocycles. The van der Waals surface area contributed by atoms with Gasteiger partial charge in [0.2, 0.25) is 0 Å². The van der Waals surface area contributed by atoms with E-state index >= 15 is 0 Å². The van der Waals surface area contributed by atoms with E-state index in [-0.39, 0.29) is 17.2 Å². The highest BCUT2D eigenvalue weighted by Gasteiger charge is 2.31. The Morgan fingerprint density at radius 2 is 2.06 bits per heavy atom. The third kappa shape index (κ3) is 3.99. The highest BCUT2D eigenvalue weighted by Crippen LogP contribution is 2.32. The molecule has 0 aliphatic heterocycles. The number of rotatable bonds is 4. The van der Waals surface area contributed by atoms with Gasteiger partial charge in [0, 0.05) is 11.4 Å². The zero-order chi connectivity index (χ0) is 13.9. The largest absolute Gasteiger partial charge is 0.416 e. The van der Waals surface area contributed by atoms with Crippen molar-refractivity contribution in [2.75, 3.05) is 0 Å². The molecule has 0 amide bonds. The second-order valence-corrected chi connectivity index (χ2v) is 5.31. The van der Waals surface area contributed by atoms with Gasteiger partial charge in [0.25, 0.3) is 0 Å². The van der Waals surface area contributed by atoms with Gasteiger partial charge in [0.15, 0.2) is 0 Å². The summed E-state index contributed by atoms with van der Waals surface area (Å²) in [6.45, 7) is 1.70. The SMILES string of the molecule is CCC(=O)C(Br)Cc1cc(C(F)(F)F)ccc1Cl. The monoisotopic (exact) mass is 342 g/mol. The lowest BCUT2D eigenvalue weighted by molar-refractivity contribution is -0.137. The molecule has 18 heavy (non-hydrogen) atoms. The van der Waals surface area contributed by atoms with Gasteiger partial charge < -0.3 is 0 Å². The van der Waals surface area contributed by atoms with Crippen LogP contribution in [0.15, 0.2) is 18.2 Å². The third-order valence-corrected chi connectivity index (χ3v) is 3.67. The molecule has 0 aliphatic carbocycles. The molecule has 1 unspecified atom stereocenters. The lowest BCUT2D eigenvalue weighted by atomic mass is 10.0. The maximum atomic E-state index is 12.5. The number of halogens is 5. The number of ketones is 1. The predicted molar refractivity (Wildman–Crippen MR) is 68.2 cm³/mol. The van der Waals surface area contributed by atoms with Gasteiger partial charge in [-0.1, -0.05) is 34.5 Å². The summed E-state index contributed by atoms with van der Waals surface area (Å²) in [4.78, 5) is 10.9. The maximum Gasteiger partial charge on any atom is 0.416 e. The van der Waals surface area contributed by atoms with Crippen molar-refractivity contribution in [1.29, 1.82) is 0 Å². The van der Waals surface area contributed by atoms with Gasteiger partial charge in [0.05, 0.1) is 10.4 Å². The van der Waals surface area contributed by atoms with Gasteiger partial charge in [-0.2, -0.15) is 13.2 Å². The normalized spacial score (nSPS) is 13.4. The summed E-state index contributed by atoms with van der Waals surface area (Å²) in [5.74, 6) is -0.0662. The average molecular weight is 344 g/mol. The van der Waals surface area contributed by atoms with E-state index in [4.69, 9.17) is 11.6 Å². The first-order valence-electron chi connectivity index (χ1n) is 5.28. The standard InChI is InChI=1S/C12H11BrClF3O/c1-2-11(18)9(13)6-7-5-8(12(15,16)17)3-4-10(7)14/h3-5,9H,2,6H2,1H3.